The maximum Gasteiger partial charge on any atom is 0.238 e. The van der Waals surface area contributed by atoms with E-state index in [1.54, 1.807) is 0 Å². The van der Waals surface area contributed by atoms with Gasteiger partial charge in [-0.2, -0.15) is 4.98 Å². The molecule has 4 rings (SSSR count). The van der Waals surface area contributed by atoms with E-state index >= 15 is 0 Å². The van der Waals surface area contributed by atoms with Crippen LogP contribution in [0.2, 0.25) is 0 Å². The molecule has 6 nitrogen and oxygen atoms in total. The van der Waals surface area contributed by atoms with Crippen molar-refractivity contribution in [3.05, 3.63) is 36.2 Å². The maximum atomic E-state index is 6.08. The van der Waals surface area contributed by atoms with Crippen molar-refractivity contribution in [3.8, 4) is 11.6 Å². The highest BCUT2D eigenvalue weighted by molar-refractivity contribution is 5.81. The molecule has 2 aromatic heterocycles. The molecule has 1 aliphatic rings. The Bertz CT molecular complexity index is 761. The van der Waals surface area contributed by atoms with Gasteiger partial charge in [0.25, 0.3) is 0 Å². The number of fused-ring (bicyclic) bond motifs is 1. The molecule has 21 heavy (non-hydrogen) atoms. The summed E-state index contributed by atoms with van der Waals surface area (Å²) in [5.41, 5.74) is 6.43. The number of nitrogens with zero attached hydrogens (tertiary/aromatic N) is 2. The fourth-order valence-corrected chi connectivity index (χ4v) is 2.56. The topological polar surface area (TPSA) is 87.3 Å². The molecule has 0 radical (unpaired) electrons. The molecule has 1 fully saturated rings. The summed E-state index contributed by atoms with van der Waals surface area (Å²) in [4.78, 5) is 4.45. The number of benzene rings is 1. The number of hydrogen-bond acceptors (Lipinski definition) is 6. The first kappa shape index (κ1) is 12.6. The third-order valence-corrected chi connectivity index (χ3v) is 4.08. The van der Waals surface area contributed by atoms with Crippen LogP contribution in [0.3, 0.4) is 0 Å². The van der Waals surface area contributed by atoms with Crippen molar-refractivity contribution in [2.75, 3.05) is 13.2 Å². The van der Waals surface area contributed by atoms with Crippen LogP contribution < -0.4 is 5.73 Å². The minimum atomic E-state index is -0.447. The number of para-hydroxylation sites is 1. The van der Waals surface area contributed by atoms with Gasteiger partial charge in [0.15, 0.2) is 5.76 Å². The molecule has 1 saturated heterocycles. The summed E-state index contributed by atoms with van der Waals surface area (Å²) >= 11 is 0. The summed E-state index contributed by atoms with van der Waals surface area (Å²) in [6, 6.07) is 9.51. The van der Waals surface area contributed by atoms with E-state index in [0.717, 1.165) is 11.0 Å². The van der Waals surface area contributed by atoms with Crippen molar-refractivity contribution < 1.29 is 13.7 Å². The lowest BCUT2D eigenvalue weighted by Crippen LogP contribution is -2.42. The average Bonchev–Trinajstić information content (AvgIpc) is 3.18. The van der Waals surface area contributed by atoms with Gasteiger partial charge in [-0.25, -0.2) is 0 Å². The van der Waals surface area contributed by atoms with E-state index in [1.807, 2.05) is 37.3 Å². The average molecular weight is 285 g/mol. The number of ether oxygens (including phenoxy) is 1. The van der Waals surface area contributed by atoms with Crippen LogP contribution in [-0.4, -0.2) is 29.4 Å². The van der Waals surface area contributed by atoms with Gasteiger partial charge in [0.2, 0.25) is 11.7 Å². The third kappa shape index (κ3) is 1.87. The van der Waals surface area contributed by atoms with Crippen LogP contribution in [0.4, 0.5) is 0 Å². The Morgan fingerprint density at radius 2 is 2.19 bits per heavy atom. The normalized spacial score (nSPS) is 25.7. The SMILES string of the molecule is CC1(c2nc(-c3cc4ccccc4o3)no2)COCC1N. The number of aromatic nitrogens is 2. The van der Waals surface area contributed by atoms with Crippen LogP contribution in [0, 0.1) is 0 Å². The Balaban J connectivity index is 1.74. The third-order valence-electron chi connectivity index (χ3n) is 4.08. The van der Waals surface area contributed by atoms with Crippen LogP contribution in [0.25, 0.3) is 22.6 Å². The van der Waals surface area contributed by atoms with Crippen molar-refractivity contribution >= 4 is 11.0 Å². The summed E-state index contributed by atoms with van der Waals surface area (Å²) in [6.07, 6.45) is 0. The summed E-state index contributed by atoms with van der Waals surface area (Å²) in [5, 5.41) is 5.02. The molecule has 0 bridgehead atoms. The minimum absolute atomic E-state index is 0.151. The van der Waals surface area contributed by atoms with E-state index < -0.39 is 5.41 Å². The Hall–Kier alpha value is -2.18. The second-order valence-electron chi connectivity index (χ2n) is 5.61. The van der Waals surface area contributed by atoms with Crippen molar-refractivity contribution in [3.63, 3.8) is 0 Å². The van der Waals surface area contributed by atoms with E-state index in [1.165, 1.54) is 0 Å². The van der Waals surface area contributed by atoms with Gasteiger partial charge in [-0.05, 0) is 19.1 Å². The molecule has 2 atom stereocenters. The van der Waals surface area contributed by atoms with Crippen LogP contribution >= 0.6 is 0 Å². The molecular formula is C15H15N3O3. The van der Waals surface area contributed by atoms with Gasteiger partial charge in [-0.3, -0.25) is 0 Å². The first-order valence-corrected chi connectivity index (χ1v) is 6.83. The van der Waals surface area contributed by atoms with Gasteiger partial charge < -0.3 is 19.4 Å². The van der Waals surface area contributed by atoms with Gasteiger partial charge >= 0.3 is 0 Å². The molecular weight excluding hydrogens is 270 g/mol. The van der Waals surface area contributed by atoms with Crippen molar-refractivity contribution in [1.82, 2.24) is 10.1 Å². The molecule has 1 aromatic carbocycles. The molecule has 0 spiro atoms. The molecule has 3 aromatic rings. The lowest BCUT2D eigenvalue weighted by Gasteiger charge is -2.21. The second-order valence-corrected chi connectivity index (χ2v) is 5.61. The highest BCUT2D eigenvalue weighted by Gasteiger charge is 2.44. The molecule has 108 valence electrons. The number of hydrogen-bond donors (Lipinski definition) is 1. The fourth-order valence-electron chi connectivity index (χ4n) is 2.56. The smallest absolute Gasteiger partial charge is 0.238 e. The van der Waals surface area contributed by atoms with Crippen molar-refractivity contribution in [1.29, 1.82) is 0 Å². The van der Waals surface area contributed by atoms with E-state index in [9.17, 15) is 0 Å². The van der Waals surface area contributed by atoms with Gasteiger partial charge in [0.1, 0.15) is 5.58 Å². The lowest BCUT2D eigenvalue weighted by molar-refractivity contribution is 0.169. The quantitative estimate of drug-likeness (QED) is 0.775. The lowest BCUT2D eigenvalue weighted by atomic mass is 9.86. The van der Waals surface area contributed by atoms with E-state index in [-0.39, 0.29) is 6.04 Å². The zero-order valence-corrected chi connectivity index (χ0v) is 11.6. The molecule has 3 heterocycles. The number of rotatable bonds is 2. The highest BCUT2D eigenvalue weighted by Crippen LogP contribution is 2.33. The monoisotopic (exact) mass is 285 g/mol. The van der Waals surface area contributed by atoms with Crippen molar-refractivity contribution in [2.24, 2.45) is 5.73 Å². The summed E-state index contributed by atoms with van der Waals surface area (Å²) in [7, 11) is 0. The number of nitrogens with two attached hydrogens (primary N) is 1. The molecule has 2 N–H and O–H groups in total. The molecule has 0 saturated carbocycles. The van der Waals surface area contributed by atoms with E-state index in [2.05, 4.69) is 10.1 Å². The zero-order valence-electron chi connectivity index (χ0n) is 11.6. The predicted molar refractivity (Wildman–Crippen MR) is 75.7 cm³/mol. The summed E-state index contributed by atoms with van der Waals surface area (Å²) in [6.45, 7) is 2.95. The molecule has 2 unspecified atom stereocenters. The largest absolute Gasteiger partial charge is 0.453 e. The minimum Gasteiger partial charge on any atom is -0.453 e. The zero-order chi connectivity index (χ0) is 14.4. The van der Waals surface area contributed by atoms with Crippen LogP contribution in [-0.2, 0) is 10.2 Å². The molecule has 0 aliphatic carbocycles. The fraction of sp³-hybridized carbons (Fsp3) is 0.333. The summed E-state index contributed by atoms with van der Waals surface area (Å²) in [5.74, 6) is 1.51. The first-order valence-electron chi connectivity index (χ1n) is 6.83. The van der Waals surface area contributed by atoms with Gasteiger partial charge in [0.05, 0.1) is 18.6 Å². The van der Waals surface area contributed by atoms with Gasteiger partial charge in [-0.1, -0.05) is 23.4 Å². The van der Waals surface area contributed by atoms with Crippen LogP contribution in [0.5, 0.6) is 0 Å². The van der Waals surface area contributed by atoms with Gasteiger partial charge in [-0.15, -0.1) is 0 Å². The predicted octanol–water partition coefficient (Wildman–Crippen LogP) is 2.10. The number of furan rings is 1. The standard InChI is InChI=1S/C15H15N3O3/c1-15(8-19-7-12(15)16)14-17-13(18-21-14)11-6-9-4-2-3-5-10(9)20-11/h2-6,12H,7-8,16H2,1H3. The maximum absolute atomic E-state index is 6.08. The van der Waals surface area contributed by atoms with Crippen molar-refractivity contribution in [2.45, 2.75) is 18.4 Å². The van der Waals surface area contributed by atoms with Crippen LogP contribution in [0.15, 0.2) is 39.3 Å². The Kier molecular flexibility index (Phi) is 2.63. The first-order chi connectivity index (χ1) is 10.2. The van der Waals surface area contributed by atoms with Crippen LogP contribution in [0.1, 0.15) is 12.8 Å². The van der Waals surface area contributed by atoms with E-state index in [4.69, 9.17) is 19.4 Å². The molecule has 1 aliphatic heterocycles. The molecule has 6 heteroatoms. The Morgan fingerprint density at radius 3 is 2.95 bits per heavy atom. The highest BCUT2D eigenvalue weighted by atomic mass is 16.5. The second kappa shape index (κ2) is 4.41. The summed E-state index contributed by atoms with van der Waals surface area (Å²) < 4.78 is 16.5. The Labute approximate surface area is 120 Å². The molecule has 0 amide bonds. The van der Waals surface area contributed by atoms with Gasteiger partial charge in [0, 0.05) is 11.4 Å². The Morgan fingerprint density at radius 1 is 1.33 bits per heavy atom. The van der Waals surface area contributed by atoms with E-state index in [0.29, 0.717) is 30.7 Å².